The lowest BCUT2D eigenvalue weighted by Gasteiger charge is -2.43. The number of methoxy groups -OCH3 is 1. The van der Waals surface area contributed by atoms with Crippen LogP contribution in [0.1, 0.15) is 29.8 Å². The predicted molar refractivity (Wildman–Crippen MR) is 100 cm³/mol. The summed E-state index contributed by atoms with van der Waals surface area (Å²) in [7, 11) is 1.62. The molecule has 0 atom stereocenters. The standard InChI is InChI=1S/C20H23N5O2/c1-26-13-16-19-18(24-23-16)17(22)15(11-21)20(27-19)7-9-25(10-8-20)12-14-5-3-2-4-6-14/h2-6H,7-10,12-13,22H2,1H3,(H,23,24). The van der Waals surface area contributed by atoms with Gasteiger partial charge in [-0.15, -0.1) is 0 Å². The topological polar surface area (TPSA) is 100 Å². The fourth-order valence-corrected chi connectivity index (χ4v) is 3.94. The number of piperidine rings is 1. The van der Waals surface area contributed by atoms with Crippen LogP contribution < -0.4 is 10.5 Å². The molecule has 4 rings (SSSR count). The van der Waals surface area contributed by atoms with Crippen molar-refractivity contribution in [2.45, 2.75) is 31.6 Å². The van der Waals surface area contributed by atoms with Crippen molar-refractivity contribution < 1.29 is 9.47 Å². The lowest BCUT2D eigenvalue weighted by Crippen LogP contribution is -2.50. The highest BCUT2D eigenvalue weighted by Crippen LogP contribution is 2.44. The first kappa shape index (κ1) is 17.6. The Hall–Kier alpha value is -2.82. The third-order valence-corrected chi connectivity index (χ3v) is 5.38. The lowest BCUT2D eigenvalue weighted by atomic mass is 9.81. The summed E-state index contributed by atoms with van der Waals surface area (Å²) in [6.07, 6.45) is 1.42. The summed E-state index contributed by atoms with van der Waals surface area (Å²) >= 11 is 0. The summed E-state index contributed by atoms with van der Waals surface area (Å²) in [5.74, 6) is 0.616. The van der Waals surface area contributed by atoms with Crippen molar-refractivity contribution in [2.24, 2.45) is 5.73 Å². The molecule has 7 heteroatoms. The van der Waals surface area contributed by atoms with E-state index in [9.17, 15) is 5.26 Å². The van der Waals surface area contributed by atoms with Gasteiger partial charge in [0, 0.05) is 39.6 Å². The summed E-state index contributed by atoms with van der Waals surface area (Å²) in [6, 6.07) is 12.7. The van der Waals surface area contributed by atoms with E-state index in [1.54, 1.807) is 7.11 Å². The molecule has 0 amide bonds. The van der Waals surface area contributed by atoms with Gasteiger partial charge in [0.25, 0.3) is 0 Å². The number of nitriles is 1. The van der Waals surface area contributed by atoms with Crippen molar-refractivity contribution in [1.29, 1.82) is 5.26 Å². The number of nitrogens with two attached hydrogens (primary N) is 1. The SMILES string of the molecule is COCc1[nH]nc2c1OC1(CCN(Cc3ccccc3)CC1)C(C#N)=C2N. The van der Waals surface area contributed by atoms with E-state index in [0.29, 0.717) is 42.2 Å². The number of likely N-dealkylation sites (tertiary alicyclic amines) is 1. The Morgan fingerprint density at radius 1 is 1.33 bits per heavy atom. The predicted octanol–water partition coefficient (Wildman–Crippen LogP) is 2.18. The monoisotopic (exact) mass is 365 g/mol. The van der Waals surface area contributed by atoms with Gasteiger partial charge < -0.3 is 15.2 Å². The molecule has 2 aliphatic heterocycles. The lowest BCUT2D eigenvalue weighted by molar-refractivity contribution is 0.0272. The minimum absolute atomic E-state index is 0.355. The zero-order chi connectivity index (χ0) is 18.9. The first-order valence-electron chi connectivity index (χ1n) is 9.09. The Kier molecular flexibility index (Phi) is 4.60. The second-order valence-electron chi connectivity index (χ2n) is 7.07. The van der Waals surface area contributed by atoms with Gasteiger partial charge in [0.2, 0.25) is 0 Å². The molecule has 3 N–H and O–H groups in total. The molecule has 1 aromatic carbocycles. The summed E-state index contributed by atoms with van der Waals surface area (Å²) < 4.78 is 11.6. The van der Waals surface area contributed by atoms with Crippen LogP contribution in [0.2, 0.25) is 0 Å². The highest BCUT2D eigenvalue weighted by Gasteiger charge is 2.46. The van der Waals surface area contributed by atoms with E-state index in [0.717, 1.165) is 25.3 Å². The highest BCUT2D eigenvalue weighted by atomic mass is 16.5. The number of ether oxygens (including phenoxy) is 2. The summed E-state index contributed by atoms with van der Waals surface area (Å²) in [4.78, 5) is 2.38. The Labute approximate surface area is 158 Å². The van der Waals surface area contributed by atoms with Gasteiger partial charge in [0.15, 0.2) is 11.4 Å². The molecular formula is C20H23N5O2. The second kappa shape index (κ2) is 7.06. The number of aromatic amines is 1. The van der Waals surface area contributed by atoms with Crippen molar-refractivity contribution in [3.8, 4) is 11.8 Å². The number of nitrogens with zero attached hydrogens (tertiary/aromatic N) is 3. The van der Waals surface area contributed by atoms with Gasteiger partial charge in [-0.2, -0.15) is 10.4 Å². The molecule has 2 aliphatic rings. The Morgan fingerprint density at radius 2 is 2.07 bits per heavy atom. The fourth-order valence-electron chi connectivity index (χ4n) is 3.94. The minimum Gasteiger partial charge on any atom is -0.477 e. The number of aromatic nitrogens is 2. The number of nitrogens with one attached hydrogen (secondary N) is 1. The van der Waals surface area contributed by atoms with Crippen LogP contribution in [0.3, 0.4) is 0 Å². The highest BCUT2D eigenvalue weighted by molar-refractivity contribution is 5.75. The summed E-state index contributed by atoms with van der Waals surface area (Å²) in [5.41, 5.74) is 9.07. The third-order valence-electron chi connectivity index (χ3n) is 5.38. The molecule has 3 heterocycles. The van der Waals surface area contributed by atoms with Gasteiger partial charge in [-0.25, -0.2) is 0 Å². The third kappa shape index (κ3) is 3.07. The minimum atomic E-state index is -0.689. The normalized spacial score (nSPS) is 18.8. The van der Waals surface area contributed by atoms with Crippen molar-refractivity contribution in [2.75, 3.05) is 20.2 Å². The van der Waals surface area contributed by atoms with Crippen molar-refractivity contribution in [1.82, 2.24) is 15.1 Å². The van der Waals surface area contributed by atoms with Gasteiger partial charge >= 0.3 is 0 Å². The average molecular weight is 365 g/mol. The smallest absolute Gasteiger partial charge is 0.173 e. The number of H-pyrrole nitrogens is 1. The molecule has 27 heavy (non-hydrogen) atoms. The average Bonchev–Trinajstić information content (AvgIpc) is 3.08. The number of benzene rings is 1. The van der Waals surface area contributed by atoms with Crippen LogP contribution in [0.4, 0.5) is 0 Å². The van der Waals surface area contributed by atoms with Crippen LogP contribution in [0, 0.1) is 11.3 Å². The van der Waals surface area contributed by atoms with Crippen LogP contribution in [-0.2, 0) is 17.9 Å². The molecule has 2 aromatic rings. The van der Waals surface area contributed by atoms with Crippen LogP contribution in [0.25, 0.3) is 5.70 Å². The molecule has 0 saturated carbocycles. The maximum absolute atomic E-state index is 9.77. The molecule has 0 bridgehead atoms. The maximum atomic E-state index is 9.77. The van der Waals surface area contributed by atoms with E-state index in [1.165, 1.54) is 5.56 Å². The molecule has 0 radical (unpaired) electrons. The first-order chi connectivity index (χ1) is 13.2. The number of hydrogen-bond donors (Lipinski definition) is 2. The Balaban J connectivity index is 1.57. The molecule has 1 aromatic heterocycles. The second-order valence-corrected chi connectivity index (χ2v) is 7.07. The first-order valence-corrected chi connectivity index (χ1v) is 9.09. The number of rotatable bonds is 4. The van der Waals surface area contributed by atoms with E-state index >= 15 is 0 Å². The summed E-state index contributed by atoms with van der Waals surface area (Å²) in [6.45, 7) is 2.91. The van der Waals surface area contributed by atoms with Crippen LogP contribution in [0.15, 0.2) is 35.9 Å². The molecule has 1 fully saturated rings. The Morgan fingerprint density at radius 3 is 2.74 bits per heavy atom. The number of fused-ring (bicyclic) bond motifs is 1. The van der Waals surface area contributed by atoms with Gasteiger partial charge in [-0.1, -0.05) is 30.3 Å². The van der Waals surface area contributed by atoms with Gasteiger partial charge in [-0.3, -0.25) is 10.00 Å². The van der Waals surface area contributed by atoms with Crippen LogP contribution in [0.5, 0.6) is 5.75 Å². The molecule has 0 aliphatic carbocycles. The van der Waals surface area contributed by atoms with Crippen molar-refractivity contribution >= 4 is 5.70 Å². The maximum Gasteiger partial charge on any atom is 0.173 e. The van der Waals surface area contributed by atoms with E-state index in [1.807, 2.05) is 6.07 Å². The van der Waals surface area contributed by atoms with E-state index in [4.69, 9.17) is 15.2 Å². The molecule has 1 saturated heterocycles. The molecule has 0 unspecified atom stereocenters. The zero-order valence-corrected chi connectivity index (χ0v) is 15.4. The summed E-state index contributed by atoms with van der Waals surface area (Å²) in [5, 5.41) is 16.9. The quantitative estimate of drug-likeness (QED) is 0.861. The largest absolute Gasteiger partial charge is 0.477 e. The number of hydrogen-bond acceptors (Lipinski definition) is 6. The fraction of sp³-hybridized carbons (Fsp3) is 0.400. The Bertz CT molecular complexity index is 889. The van der Waals surface area contributed by atoms with Crippen LogP contribution in [-0.4, -0.2) is 40.9 Å². The van der Waals surface area contributed by atoms with E-state index in [2.05, 4.69) is 45.4 Å². The van der Waals surface area contributed by atoms with Crippen molar-refractivity contribution in [3.63, 3.8) is 0 Å². The van der Waals surface area contributed by atoms with E-state index in [-0.39, 0.29) is 0 Å². The van der Waals surface area contributed by atoms with Crippen molar-refractivity contribution in [3.05, 3.63) is 52.9 Å². The van der Waals surface area contributed by atoms with Gasteiger partial charge in [0.1, 0.15) is 17.4 Å². The van der Waals surface area contributed by atoms with Gasteiger partial charge in [0.05, 0.1) is 17.9 Å². The van der Waals surface area contributed by atoms with Gasteiger partial charge in [-0.05, 0) is 5.56 Å². The van der Waals surface area contributed by atoms with Crippen LogP contribution >= 0.6 is 0 Å². The molecule has 140 valence electrons. The molecule has 7 nitrogen and oxygen atoms in total. The van der Waals surface area contributed by atoms with E-state index < -0.39 is 5.60 Å². The molecular weight excluding hydrogens is 342 g/mol. The molecule has 1 spiro atoms. The zero-order valence-electron chi connectivity index (χ0n) is 15.4.